The molecule has 1 spiro atoms. The van der Waals surface area contributed by atoms with Crippen LogP contribution >= 0.6 is 0 Å². The summed E-state index contributed by atoms with van der Waals surface area (Å²) in [5, 5.41) is 3.41. The molecule has 7 heteroatoms. The molecule has 1 unspecified atom stereocenters. The van der Waals surface area contributed by atoms with Crippen molar-refractivity contribution >= 4 is 11.7 Å². The fraction of sp³-hybridized carbons (Fsp3) is 0.750. The van der Waals surface area contributed by atoms with Crippen molar-refractivity contribution < 1.29 is 14.3 Å². The fourth-order valence-corrected chi connectivity index (χ4v) is 5.10. The molecular formula is C20H30N4O3. The number of nitrogens with zero attached hydrogens (tertiary/aromatic N) is 3. The molecule has 3 fully saturated rings. The number of carbonyl (C=O) groups excluding carboxylic acids is 1. The van der Waals surface area contributed by atoms with Crippen LogP contribution in [0.15, 0.2) is 6.07 Å². The van der Waals surface area contributed by atoms with Crippen molar-refractivity contribution in [3.63, 3.8) is 0 Å². The molecule has 148 valence electrons. The van der Waals surface area contributed by atoms with Gasteiger partial charge in [-0.15, -0.1) is 0 Å². The molecule has 4 rings (SSSR count). The van der Waals surface area contributed by atoms with E-state index in [0.717, 1.165) is 50.2 Å². The van der Waals surface area contributed by atoms with Crippen LogP contribution in [0.1, 0.15) is 50.6 Å². The third-order valence-electron chi connectivity index (χ3n) is 6.48. The number of carbonyl (C=O) groups is 1. The smallest absolute Gasteiger partial charge is 0.318 e. The first-order valence-electron chi connectivity index (χ1n) is 10.2. The second kappa shape index (κ2) is 7.62. The number of nitrogens with one attached hydrogen (secondary N) is 1. The second-order valence-electron chi connectivity index (χ2n) is 8.05. The second-order valence-corrected chi connectivity index (χ2v) is 8.05. The number of aryl methyl sites for hydroxylation is 1. The van der Waals surface area contributed by atoms with Crippen LogP contribution in [-0.2, 0) is 9.53 Å². The van der Waals surface area contributed by atoms with Gasteiger partial charge in [-0.3, -0.25) is 4.79 Å². The molecule has 0 aromatic carbocycles. The summed E-state index contributed by atoms with van der Waals surface area (Å²) in [6.07, 6.45) is 7.20. The predicted octanol–water partition coefficient (Wildman–Crippen LogP) is 2.23. The number of methoxy groups -OCH3 is 1. The highest BCUT2D eigenvalue weighted by Gasteiger charge is 2.51. The lowest BCUT2D eigenvalue weighted by molar-refractivity contribution is -0.128. The monoisotopic (exact) mass is 374 g/mol. The molecule has 1 aliphatic carbocycles. The number of hydrogen-bond donors (Lipinski definition) is 1. The van der Waals surface area contributed by atoms with Gasteiger partial charge in [-0.1, -0.05) is 12.8 Å². The molecule has 1 atom stereocenters. The van der Waals surface area contributed by atoms with Gasteiger partial charge in [-0.25, -0.2) is 4.98 Å². The van der Waals surface area contributed by atoms with E-state index in [-0.39, 0.29) is 23.4 Å². The van der Waals surface area contributed by atoms with Gasteiger partial charge in [0.25, 0.3) is 0 Å². The third-order valence-corrected chi connectivity index (χ3v) is 6.48. The summed E-state index contributed by atoms with van der Waals surface area (Å²) in [7, 11) is 1.60. The Morgan fingerprint density at radius 3 is 2.70 bits per heavy atom. The third kappa shape index (κ3) is 3.49. The number of amides is 1. The molecule has 0 bridgehead atoms. The lowest BCUT2D eigenvalue weighted by atomic mass is 9.88. The largest absolute Gasteiger partial charge is 0.467 e. The average Bonchev–Trinajstić information content (AvgIpc) is 3.31. The summed E-state index contributed by atoms with van der Waals surface area (Å²) >= 11 is 0. The van der Waals surface area contributed by atoms with E-state index in [1.807, 2.05) is 13.0 Å². The maximum absolute atomic E-state index is 12.9. The molecule has 1 aromatic heterocycles. The molecule has 7 nitrogen and oxygen atoms in total. The Kier molecular flexibility index (Phi) is 5.21. The zero-order valence-electron chi connectivity index (χ0n) is 16.4. The maximum Gasteiger partial charge on any atom is 0.318 e. The minimum Gasteiger partial charge on any atom is -0.467 e. The number of anilines is 1. The Hall–Kier alpha value is -1.89. The molecule has 1 amide bonds. The zero-order chi connectivity index (χ0) is 18.9. The minimum atomic E-state index is -0.0351. The maximum atomic E-state index is 12.9. The number of hydrogen-bond acceptors (Lipinski definition) is 6. The van der Waals surface area contributed by atoms with E-state index < -0.39 is 0 Å². The summed E-state index contributed by atoms with van der Waals surface area (Å²) in [5.41, 5.74) is 0.867. The molecule has 0 radical (unpaired) electrons. The van der Waals surface area contributed by atoms with Crippen molar-refractivity contribution in [1.29, 1.82) is 0 Å². The number of rotatable bonds is 4. The first kappa shape index (κ1) is 18.5. The quantitative estimate of drug-likeness (QED) is 0.871. The van der Waals surface area contributed by atoms with E-state index in [9.17, 15) is 4.79 Å². The summed E-state index contributed by atoms with van der Waals surface area (Å²) < 4.78 is 10.7. The van der Waals surface area contributed by atoms with Gasteiger partial charge in [0.1, 0.15) is 5.82 Å². The normalized spacial score (nSPS) is 25.1. The summed E-state index contributed by atoms with van der Waals surface area (Å²) in [4.78, 5) is 24.2. The minimum absolute atomic E-state index is 0.0351. The van der Waals surface area contributed by atoms with Crippen LogP contribution in [0.2, 0.25) is 0 Å². The van der Waals surface area contributed by atoms with Gasteiger partial charge in [-0.2, -0.15) is 4.98 Å². The van der Waals surface area contributed by atoms with E-state index in [0.29, 0.717) is 19.2 Å². The van der Waals surface area contributed by atoms with Gasteiger partial charge in [0, 0.05) is 37.4 Å². The van der Waals surface area contributed by atoms with Crippen molar-refractivity contribution in [1.82, 2.24) is 15.3 Å². The average molecular weight is 374 g/mol. The SMILES string of the molecule is COc1nc(C)cc(N2CCC(NC(=O)C3CCOCC3)C23CCCC3)n1. The molecule has 1 aromatic rings. The molecule has 3 aliphatic rings. The van der Waals surface area contributed by atoms with E-state index >= 15 is 0 Å². The summed E-state index contributed by atoms with van der Waals surface area (Å²) in [6, 6.07) is 2.62. The van der Waals surface area contributed by atoms with Crippen LogP contribution in [0.5, 0.6) is 6.01 Å². The van der Waals surface area contributed by atoms with E-state index in [4.69, 9.17) is 9.47 Å². The van der Waals surface area contributed by atoms with Crippen molar-refractivity contribution in [2.75, 3.05) is 31.8 Å². The molecule has 27 heavy (non-hydrogen) atoms. The van der Waals surface area contributed by atoms with Crippen molar-refractivity contribution in [2.24, 2.45) is 5.92 Å². The highest BCUT2D eigenvalue weighted by Crippen LogP contribution is 2.45. The van der Waals surface area contributed by atoms with Gasteiger partial charge in [0.05, 0.1) is 18.7 Å². The fourth-order valence-electron chi connectivity index (χ4n) is 5.10. The highest BCUT2D eigenvalue weighted by atomic mass is 16.5. The van der Waals surface area contributed by atoms with Gasteiger partial charge < -0.3 is 19.7 Å². The highest BCUT2D eigenvalue weighted by molar-refractivity contribution is 5.79. The zero-order valence-corrected chi connectivity index (χ0v) is 16.4. The standard InChI is InChI=1S/C20H30N4O3/c1-14-13-17(23-19(21-14)26-2)24-10-5-16(20(24)8-3-4-9-20)22-18(25)15-6-11-27-12-7-15/h13,15-16H,3-12H2,1-2H3,(H,22,25). The molecule has 2 saturated heterocycles. The van der Waals surface area contributed by atoms with Crippen molar-refractivity contribution in [2.45, 2.75) is 63.5 Å². The van der Waals surface area contributed by atoms with E-state index in [1.165, 1.54) is 12.8 Å². The van der Waals surface area contributed by atoms with E-state index in [2.05, 4.69) is 20.2 Å². The van der Waals surface area contributed by atoms with Crippen molar-refractivity contribution in [3.8, 4) is 6.01 Å². The predicted molar refractivity (Wildman–Crippen MR) is 102 cm³/mol. The molecule has 2 aliphatic heterocycles. The van der Waals surface area contributed by atoms with Crippen LogP contribution < -0.4 is 15.0 Å². The lowest BCUT2D eigenvalue weighted by Crippen LogP contribution is -2.56. The molecular weight excluding hydrogens is 344 g/mol. The van der Waals surface area contributed by atoms with Gasteiger partial charge in [0.2, 0.25) is 5.91 Å². The number of ether oxygens (including phenoxy) is 2. The van der Waals surface area contributed by atoms with Gasteiger partial charge in [0.15, 0.2) is 0 Å². The summed E-state index contributed by atoms with van der Waals surface area (Å²) in [6.45, 7) is 4.26. The van der Waals surface area contributed by atoms with Crippen molar-refractivity contribution in [3.05, 3.63) is 11.8 Å². The van der Waals surface area contributed by atoms with Gasteiger partial charge >= 0.3 is 6.01 Å². The van der Waals surface area contributed by atoms with Crippen LogP contribution in [0, 0.1) is 12.8 Å². The topological polar surface area (TPSA) is 76.6 Å². The lowest BCUT2D eigenvalue weighted by Gasteiger charge is -2.41. The first-order chi connectivity index (χ1) is 13.1. The van der Waals surface area contributed by atoms with Crippen LogP contribution in [0.4, 0.5) is 5.82 Å². The number of aromatic nitrogens is 2. The Balaban J connectivity index is 1.56. The van der Waals surface area contributed by atoms with Crippen LogP contribution in [0.3, 0.4) is 0 Å². The van der Waals surface area contributed by atoms with Gasteiger partial charge in [-0.05, 0) is 39.0 Å². The Labute approximate surface area is 160 Å². The van der Waals surface area contributed by atoms with Crippen LogP contribution in [-0.4, -0.2) is 54.3 Å². The Morgan fingerprint density at radius 1 is 1.26 bits per heavy atom. The van der Waals surface area contributed by atoms with Crippen LogP contribution in [0.25, 0.3) is 0 Å². The Bertz CT molecular complexity index is 684. The molecule has 1 saturated carbocycles. The molecule has 1 N–H and O–H groups in total. The first-order valence-corrected chi connectivity index (χ1v) is 10.2. The van der Waals surface area contributed by atoms with E-state index in [1.54, 1.807) is 7.11 Å². The summed E-state index contributed by atoms with van der Waals surface area (Å²) in [5.74, 6) is 1.21. The Morgan fingerprint density at radius 2 is 2.00 bits per heavy atom. The molecule has 3 heterocycles.